The predicted molar refractivity (Wildman–Crippen MR) is 256 cm³/mol. The van der Waals surface area contributed by atoms with Crippen LogP contribution in [0.1, 0.15) is 298 Å². The van der Waals surface area contributed by atoms with Gasteiger partial charge in [0.15, 0.2) is 6.10 Å². The van der Waals surface area contributed by atoms with E-state index in [9.17, 15) is 14.4 Å². The summed E-state index contributed by atoms with van der Waals surface area (Å²) in [5.41, 5.74) is 0. The lowest BCUT2D eigenvalue weighted by molar-refractivity contribution is -0.167. The van der Waals surface area contributed by atoms with Gasteiger partial charge >= 0.3 is 17.9 Å². The molecule has 0 saturated carbocycles. The average molecular weight is 849 g/mol. The molecule has 0 N–H and O–H groups in total. The summed E-state index contributed by atoms with van der Waals surface area (Å²) in [7, 11) is 0. The summed E-state index contributed by atoms with van der Waals surface area (Å²) in [5, 5.41) is 0. The molecule has 0 heterocycles. The van der Waals surface area contributed by atoms with Gasteiger partial charge in [0.25, 0.3) is 0 Å². The summed E-state index contributed by atoms with van der Waals surface area (Å²) < 4.78 is 16.8. The summed E-state index contributed by atoms with van der Waals surface area (Å²) >= 11 is 0. The quantitative estimate of drug-likeness (QED) is 0.0345. The molecule has 1 atom stereocenters. The van der Waals surface area contributed by atoms with Crippen LogP contribution in [0.15, 0.2) is 0 Å². The lowest BCUT2D eigenvalue weighted by atomic mass is 10.0. The van der Waals surface area contributed by atoms with Crippen molar-refractivity contribution < 1.29 is 28.6 Å². The molecule has 0 aromatic heterocycles. The second kappa shape index (κ2) is 46.9. The number of unbranched alkanes of at least 4 members (excludes halogenated alkanes) is 33. The van der Waals surface area contributed by atoms with E-state index in [1.807, 2.05) is 0 Å². The number of esters is 3. The summed E-state index contributed by atoms with van der Waals surface area (Å²) in [6, 6.07) is 0. The highest BCUT2D eigenvalue weighted by Gasteiger charge is 2.19. The second-order valence-corrected chi connectivity index (χ2v) is 19.5. The SMILES string of the molecule is CCCCCCCCCCCCCC(=O)OC[C@H](COC(=O)CCCCCCCCCCCC(C)C)OC(=O)CCCCCCCCCCCCCCCCCCC(C)C. The van der Waals surface area contributed by atoms with Gasteiger partial charge in [-0.3, -0.25) is 14.4 Å². The van der Waals surface area contributed by atoms with Crippen LogP contribution >= 0.6 is 0 Å². The Morgan fingerprint density at radius 1 is 0.317 bits per heavy atom. The lowest BCUT2D eigenvalue weighted by Crippen LogP contribution is -2.30. The fraction of sp³-hybridized carbons (Fsp3) is 0.944. The summed E-state index contributed by atoms with van der Waals surface area (Å²) in [6.07, 6.45) is 48.1. The van der Waals surface area contributed by atoms with Gasteiger partial charge < -0.3 is 14.2 Å². The lowest BCUT2D eigenvalue weighted by Gasteiger charge is -2.18. The Morgan fingerprint density at radius 3 is 0.817 bits per heavy atom. The van der Waals surface area contributed by atoms with Crippen molar-refractivity contribution in [3.63, 3.8) is 0 Å². The normalized spacial score (nSPS) is 12.1. The Labute approximate surface area is 374 Å². The smallest absolute Gasteiger partial charge is 0.306 e. The first-order valence-corrected chi connectivity index (χ1v) is 26.7. The molecule has 0 bridgehead atoms. The Hall–Kier alpha value is -1.59. The molecule has 0 aliphatic heterocycles. The van der Waals surface area contributed by atoms with Crippen molar-refractivity contribution in [1.29, 1.82) is 0 Å². The average Bonchev–Trinajstić information content (AvgIpc) is 3.22. The van der Waals surface area contributed by atoms with E-state index >= 15 is 0 Å². The fourth-order valence-corrected chi connectivity index (χ4v) is 8.17. The minimum absolute atomic E-state index is 0.0636. The highest BCUT2D eigenvalue weighted by molar-refractivity contribution is 5.71. The van der Waals surface area contributed by atoms with Gasteiger partial charge in [0.2, 0.25) is 0 Å². The van der Waals surface area contributed by atoms with Crippen LogP contribution in [0.25, 0.3) is 0 Å². The summed E-state index contributed by atoms with van der Waals surface area (Å²) in [6.45, 7) is 11.4. The zero-order chi connectivity index (χ0) is 44.0. The third kappa shape index (κ3) is 47.5. The zero-order valence-corrected chi connectivity index (χ0v) is 41.1. The van der Waals surface area contributed by atoms with E-state index in [4.69, 9.17) is 14.2 Å². The van der Waals surface area contributed by atoms with E-state index in [-0.39, 0.29) is 31.1 Å². The van der Waals surface area contributed by atoms with Gasteiger partial charge in [0.05, 0.1) is 0 Å². The number of hydrogen-bond acceptors (Lipinski definition) is 6. The molecule has 6 heteroatoms. The van der Waals surface area contributed by atoms with Crippen molar-refractivity contribution in [2.24, 2.45) is 11.8 Å². The van der Waals surface area contributed by atoms with Crippen molar-refractivity contribution in [3.8, 4) is 0 Å². The Balaban J connectivity index is 4.26. The molecule has 0 amide bonds. The highest BCUT2D eigenvalue weighted by atomic mass is 16.6. The van der Waals surface area contributed by atoms with Crippen molar-refractivity contribution in [1.82, 2.24) is 0 Å². The van der Waals surface area contributed by atoms with Crippen LogP contribution in [-0.2, 0) is 28.6 Å². The topological polar surface area (TPSA) is 78.9 Å². The molecule has 0 radical (unpaired) electrons. The standard InChI is InChI=1S/C54H104O6/c1-6-7-8-9-10-11-18-24-29-34-39-44-52(55)58-47-51(48-59-53(56)45-40-35-30-26-21-23-28-33-38-43-50(4)5)60-54(57)46-41-36-31-25-20-17-15-13-12-14-16-19-22-27-32-37-42-49(2)3/h49-51H,6-48H2,1-5H3/t51-/m1/s1. The van der Waals surface area contributed by atoms with Crippen molar-refractivity contribution in [2.75, 3.05) is 13.2 Å². The molecule has 60 heavy (non-hydrogen) atoms. The molecule has 0 rings (SSSR count). The second-order valence-electron chi connectivity index (χ2n) is 19.5. The van der Waals surface area contributed by atoms with Crippen molar-refractivity contribution >= 4 is 17.9 Å². The van der Waals surface area contributed by atoms with Gasteiger partial charge in [-0.05, 0) is 31.1 Å². The van der Waals surface area contributed by atoms with Gasteiger partial charge in [-0.2, -0.15) is 0 Å². The Kier molecular flexibility index (Phi) is 45.7. The largest absolute Gasteiger partial charge is 0.462 e. The van der Waals surface area contributed by atoms with Crippen molar-refractivity contribution in [3.05, 3.63) is 0 Å². The van der Waals surface area contributed by atoms with Crippen LogP contribution < -0.4 is 0 Å². The van der Waals surface area contributed by atoms with Gasteiger partial charge in [0.1, 0.15) is 13.2 Å². The molecule has 356 valence electrons. The number of carbonyl (C=O) groups excluding carboxylic acids is 3. The van der Waals surface area contributed by atoms with Crippen LogP contribution in [0.3, 0.4) is 0 Å². The first kappa shape index (κ1) is 58.4. The summed E-state index contributed by atoms with van der Waals surface area (Å²) in [4.78, 5) is 37.9. The first-order valence-electron chi connectivity index (χ1n) is 26.7. The Bertz CT molecular complexity index is 916. The molecular weight excluding hydrogens is 745 g/mol. The minimum Gasteiger partial charge on any atom is -0.462 e. The maximum absolute atomic E-state index is 12.8. The Morgan fingerprint density at radius 2 is 0.550 bits per heavy atom. The molecule has 0 aliphatic carbocycles. The van der Waals surface area contributed by atoms with Crippen LogP contribution in [0.4, 0.5) is 0 Å². The van der Waals surface area contributed by atoms with E-state index in [0.717, 1.165) is 69.6 Å². The number of rotatable bonds is 48. The molecule has 0 aromatic carbocycles. The molecular formula is C54H104O6. The van der Waals surface area contributed by atoms with E-state index < -0.39 is 6.10 Å². The number of hydrogen-bond donors (Lipinski definition) is 0. The molecule has 0 unspecified atom stereocenters. The van der Waals surface area contributed by atoms with Gasteiger partial charge in [-0.25, -0.2) is 0 Å². The zero-order valence-electron chi connectivity index (χ0n) is 41.1. The molecule has 0 saturated heterocycles. The number of carbonyl (C=O) groups is 3. The van der Waals surface area contributed by atoms with Crippen LogP contribution in [0, 0.1) is 11.8 Å². The first-order chi connectivity index (χ1) is 29.2. The van der Waals surface area contributed by atoms with Gasteiger partial charge in [-0.15, -0.1) is 0 Å². The van der Waals surface area contributed by atoms with Crippen LogP contribution in [0.2, 0.25) is 0 Å². The van der Waals surface area contributed by atoms with E-state index in [1.54, 1.807) is 0 Å². The van der Waals surface area contributed by atoms with Gasteiger partial charge in [0, 0.05) is 19.3 Å². The third-order valence-electron chi connectivity index (χ3n) is 12.2. The molecule has 0 aromatic rings. The van der Waals surface area contributed by atoms with E-state index in [0.29, 0.717) is 19.3 Å². The maximum Gasteiger partial charge on any atom is 0.306 e. The number of ether oxygens (including phenoxy) is 3. The molecule has 0 aliphatic rings. The third-order valence-corrected chi connectivity index (χ3v) is 12.2. The predicted octanol–water partition coefficient (Wildman–Crippen LogP) is 17.3. The van der Waals surface area contributed by atoms with Crippen LogP contribution in [-0.4, -0.2) is 37.2 Å². The fourth-order valence-electron chi connectivity index (χ4n) is 8.17. The van der Waals surface area contributed by atoms with Crippen LogP contribution in [0.5, 0.6) is 0 Å². The van der Waals surface area contributed by atoms with E-state index in [1.165, 1.54) is 186 Å². The van der Waals surface area contributed by atoms with Crippen molar-refractivity contribution in [2.45, 2.75) is 304 Å². The van der Waals surface area contributed by atoms with E-state index in [2.05, 4.69) is 34.6 Å². The minimum atomic E-state index is -0.761. The van der Waals surface area contributed by atoms with Gasteiger partial charge in [-0.1, -0.05) is 259 Å². The highest BCUT2D eigenvalue weighted by Crippen LogP contribution is 2.18. The molecule has 0 fully saturated rings. The molecule has 0 spiro atoms. The summed E-state index contributed by atoms with van der Waals surface area (Å²) in [5.74, 6) is 0.813. The monoisotopic (exact) mass is 849 g/mol. The molecule has 6 nitrogen and oxygen atoms in total. The maximum atomic E-state index is 12.8.